The van der Waals surface area contributed by atoms with Gasteiger partial charge in [-0.3, -0.25) is 9.89 Å². The van der Waals surface area contributed by atoms with Gasteiger partial charge in [0.2, 0.25) is 5.82 Å². The second-order valence-corrected chi connectivity index (χ2v) is 4.04. The van der Waals surface area contributed by atoms with Gasteiger partial charge in [0.1, 0.15) is 12.9 Å². The van der Waals surface area contributed by atoms with Crippen LogP contribution in [0.5, 0.6) is 11.5 Å². The highest BCUT2D eigenvalue weighted by atomic mass is 16.5. The summed E-state index contributed by atoms with van der Waals surface area (Å²) in [5.74, 6) is 0.771. The molecule has 0 saturated heterocycles. The predicted molar refractivity (Wildman–Crippen MR) is 80.1 cm³/mol. The molecule has 1 aromatic heterocycles. The molecule has 0 atom stereocenters. The van der Waals surface area contributed by atoms with Crippen LogP contribution < -0.4 is 14.9 Å². The van der Waals surface area contributed by atoms with Crippen LogP contribution in [0.25, 0.3) is 0 Å². The summed E-state index contributed by atoms with van der Waals surface area (Å²) in [6.45, 7) is 3.97. The van der Waals surface area contributed by atoms with Gasteiger partial charge in [-0.15, -0.1) is 0 Å². The van der Waals surface area contributed by atoms with Crippen molar-refractivity contribution in [3.05, 3.63) is 48.6 Å². The Balaban J connectivity index is 2.01. The maximum absolute atomic E-state index is 11.6. The third kappa shape index (κ3) is 3.92. The lowest BCUT2D eigenvalue weighted by molar-refractivity contribution is 0.0945. The normalized spacial score (nSPS) is 10.4. The summed E-state index contributed by atoms with van der Waals surface area (Å²) in [5.41, 5.74) is 3.07. The van der Waals surface area contributed by atoms with Crippen LogP contribution in [0.15, 0.2) is 42.3 Å². The average molecular weight is 301 g/mol. The van der Waals surface area contributed by atoms with Gasteiger partial charge >= 0.3 is 5.91 Å². The molecular formula is C14H15N5O3. The van der Waals surface area contributed by atoms with Gasteiger partial charge in [-0.1, -0.05) is 12.7 Å². The van der Waals surface area contributed by atoms with Gasteiger partial charge in [0, 0.05) is 0 Å². The van der Waals surface area contributed by atoms with E-state index in [1.807, 2.05) is 0 Å². The number of hydrogen-bond donors (Lipinski definition) is 2. The Kier molecular flexibility index (Phi) is 5.25. The van der Waals surface area contributed by atoms with Crippen molar-refractivity contribution < 1.29 is 14.3 Å². The quantitative estimate of drug-likeness (QED) is 0.453. The Morgan fingerprint density at radius 2 is 2.36 bits per heavy atom. The number of nitrogens with one attached hydrogen (secondary N) is 2. The maximum atomic E-state index is 11.6. The Hall–Kier alpha value is -3.16. The molecule has 8 nitrogen and oxygen atoms in total. The van der Waals surface area contributed by atoms with E-state index in [0.29, 0.717) is 18.1 Å². The first-order valence-electron chi connectivity index (χ1n) is 6.35. The molecule has 8 heteroatoms. The summed E-state index contributed by atoms with van der Waals surface area (Å²) in [6, 6.07) is 5.27. The first-order valence-corrected chi connectivity index (χ1v) is 6.35. The highest BCUT2D eigenvalue weighted by Crippen LogP contribution is 2.27. The highest BCUT2D eigenvalue weighted by Gasteiger charge is 2.07. The number of benzene rings is 1. The van der Waals surface area contributed by atoms with E-state index < -0.39 is 5.91 Å². The lowest BCUT2D eigenvalue weighted by Gasteiger charge is -2.09. The first-order chi connectivity index (χ1) is 10.7. The monoisotopic (exact) mass is 301 g/mol. The third-order valence-corrected chi connectivity index (χ3v) is 2.55. The lowest BCUT2D eigenvalue weighted by Crippen LogP contribution is -2.19. The van der Waals surface area contributed by atoms with E-state index in [1.54, 1.807) is 31.4 Å². The van der Waals surface area contributed by atoms with Crippen molar-refractivity contribution in [1.82, 2.24) is 20.6 Å². The number of H-pyrrole nitrogens is 1. The third-order valence-electron chi connectivity index (χ3n) is 2.55. The second kappa shape index (κ2) is 7.58. The molecule has 0 bridgehead atoms. The van der Waals surface area contributed by atoms with Crippen molar-refractivity contribution >= 4 is 12.1 Å². The number of carbonyl (C=O) groups is 1. The maximum Gasteiger partial charge on any atom is 0.308 e. The summed E-state index contributed by atoms with van der Waals surface area (Å²) in [6.07, 6.45) is 4.37. The molecule has 0 aliphatic heterocycles. The van der Waals surface area contributed by atoms with Crippen molar-refractivity contribution in [2.75, 3.05) is 13.7 Å². The highest BCUT2D eigenvalue weighted by molar-refractivity contribution is 5.91. The number of nitrogens with zero attached hydrogens (tertiary/aromatic N) is 3. The summed E-state index contributed by atoms with van der Waals surface area (Å²) in [7, 11) is 1.54. The average Bonchev–Trinajstić information content (AvgIpc) is 3.07. The molecule has 2 aromatic rings. The topological polar surface area (TPSA) is 101 Å². The van der Waals surface area contributed by atoms with E-state index in [4.69, 9.17) is 9.47 Å². The van der Waals surface area contributed by atoms with Crippen LogP contribution in [-0.2, 0) is 0 Å². The minimum absolute atomic E-state index is 0.0860. The van der Waals surface area contributed by atoms with Crippen molar-refractivity contribution in [1.29, 1.82) is 0 Å². The van der Waals surface area contributed by atoms with E-state index in [0.717, 1.165) is 5.56 Å². The fraction of sp³-hybridized carbons (Fsp3) is 0.143. The number of aromatic amines is 1. The molecule has 0 unspecified atom stereocenters. The SMILES string of the molecule is C=CCOc1ccc(/C=N/NC(=O)c2ncn[nH]2)cc1OC. The number of ether oxygens (including phenoxy) is 2. The van der Waals surface area contributed by atoms with Crippen molar-refractivity contribution in [3.63, 3.8) is 0 Å². The van der Waals surface area contributed by atoms with Crippen molar-refractivity contribution in [3.8, 4) is 11.5 Å². The molecule has 1 amide bonds. The molecule has 22 heavy (non-hydrogen) atoms. The fourth-order valence-electron chi connectivity index (χ4n) is 1.57. The largest absolute Gasteiger partial charge is 0.493 e. The molecule has 0 radical (unpaired) electrons. The Bertz CT molecular complexity index is 667. The van der Waals surface area contributed by atoms with Crippen LogP contribution in [0.3, 0.4) is 0 Å². The van der Waals surface area contributed by atoms with Crippen LogP contribution in [0, 0.1) is 0 Å². The van der Waals surface area contributed by atoms with E-state index in [1.165, 1.54) is 12.5 Å². The Labute approximate surface area is 126 Å². The number of hydrazone groups is 1. The van der Waals surface area contributed by atoms with Gasteiger partial charge in [-0.25, -0.2) is 10.4 Å². The number of methoxy groups -OCH3 is 1. The molecule has 0 aliphatic rings. The molecule has 1 aromatic carbocycles. The second-order valence-electron chi connectivity index (χ2n) is 4.04. The molecule has 0 spiro atoms. The molecule has 0 aliphatic carbocycles. The molecule has 0 saturated carbocycles. The van der Waals surface area contributed by atoms with E-state index in [2.05, 4.69) is 32.3 Å². The molecule has 2 rings (SSSR count). The number of carbonyl (C=O) groups excluding carboxylic acids is 1. The number of hydrogen-bond acceptors (Lipinski definition) is 6. The van der Waals surface area contributed by atoms with Gasteiger partial charge < -0.3 is 9.47 Å². The summed E-state index contributed by atoms with van der Waals surface area (Å²) < 4.78 is 10.7. The van der Waals surface area contributed by atoms with Crippen LogP contribution in [0.2, 0.25) is 0 Å². The lowest BCUT2D eigenvalue weighted by atomic mass is 10.2. The van der Waals surface area contributed by atoms with Crippen LogP contribution >= 0.6 is 0 Å². The Morgan fingerprint density at radius 1 is 1.50 bits per heavy atom. The standard InChI is InChI=1S/C14H15N5O3/c1-3-6-22-11-5-4-10(7-12(11)21-2)8-16-19-14(20)13-15-9-17-18-13/h3-5,7-9H,1,6H2,2H3,(H,19,20)(H,15,17,18)/b16-8+. The molecule has 2 N–H and O–H groups in total. The number of aromatic nitrogens is 3. The van der Waals surface area contributed by atoms with Crippen molar-refractivity contribution in [2.24, 2.45) is 5.10 Å². The van der Waals surface area contributed by atoms with Gasteiger partial charge in [-0.05, 0) is 23.8 Å². The van der Waals surface area contributed by atoms with E-state index >= 15 is 0 Å². The molecule has 1 heterocycles. The van der Waals surface area contributed by atoms with Crippen LogP contribution in [-0.4, -0.2) is 41.0 Å². The summed E-state index contributed by atoms with van der Waals surface area (Å²) >= 11 is 0. The minimum atomic E-state index is -0.480. The zero-order valence-electron chi connectivity index (χ0n) is 11.9. The van der Waals surface area contributed by atoms with Crippen LogP contribution in [0.4, 0.5) is 0 Å². The first kappa shape index (κ1) is 15.2. The number of rotatable bonds is 7. The zero-order chi connectivity index (χ0) is 15.8. The van der Waals surface area contributed by atoms with Crippen molar-refractivity contribution in [2.45, 2.75) is 0 Å². The predicted octanol–water partition coefficient (Wildman–Crippen LogP) is 1.14. The zero-order valence-corrected chi connectivity index (χ0v) is 11.9. The summed E-state index contributed by atoms with van der Waals surface area (Å²) in [5, 5.41) is 9.86. The number of amides is 1. The fourth-order valence-corrected chi connectivity index (χ4v) is 1.57. The Morgan fingerprint density at radius 3 is 3.05 bits per heavy atom. The molecular weight excluding hydrogens is 286 g/mol. The van der Waals surface area contributed by atoms with Gasteiger partial charge in [0.25, 0.3) is 0 Å². The molecule has 114 valence electrons. The smallest absolute Gasteiger partial charge is 0.308 e. The van der Waals surface area contributed by atoms with Gasteiger partial charge in [0.15, 0.2) is 11.5 Å². The van der Waals surface area contributed by atoms with Gasteiger partial charge in [0.05, 0.1) is 13.3 Å². The van der Waals surface area contributed by atoms with E-state index in [-0.39, 0.29) is 5.82 Å². The van der Waals surface area contributed by atoms with Gasteiger partial charge in [-0.2, -0.15) is 10.2 Å². The van der Waals surface area contributed by atoms with E-state index in [9.17, 15) is 4.79 Å². The van der Waals surface area contributed by atoms with Crippen LogP contribution in [0.1, 0.15) is 16.2 Å². The minimum Gasteiger partial charge on any atom is -0.493 e. The summed E-state index contributed by atoms with van der Waals surface area (Å²) in [4.78, 5) is 15.3. The molecule has 0 fully saturated rings.